The van der Waals surface area contributed by atoms with Crippen molar-refractivity contribution in [3.05, 3.63) is 74.6 Å². The number of hydrogen-bond acceptors (Lipinski definition) is 2. The summed E-state index contributed by atoms with van der Waals surface area (Å²) in [5.74, 6) is -6.96. The first-order valence-corrected chi connectivity index (χ1v) is 8.69. The van der Waals surface area contributed by atoms with Crippen LogP contribution in [0.2, 0.25) is 0 Å². The van der Waals surface area contributed by atoms with E-state index in [4.69, 9.17) is 0 Å². The molecule has 0 fully saturated rings. The van der Waals surface area contributed by atoms with Crippen LogP contribution in [0.5, 0.6) is 0 Å². The van der Waals surface area contributed by atoms with Crippen molar-refractivity contribution < 1.29 is 26.0 Å². The predicted molar refractivity (Wildman–Crippen MR) is 82.1 cm³/mol. The fraction of sp³-hybridized carbons (Fsp3) is 0.0667. The van der Waals surface area contributed by atoms with Gasteiger partial charge in [-0.15, -0.1) is 0 Å². The molecule has 0 saturated carbocycles. The van der Waals surface area contributed by atoms with Crippen molar-refractivity contribution in [2.45, 2.75) is 5.75 Å². The molecule has 0 aliphatic heterocycles. The van der Waals surface area contributed by atoms with Gasteiger partial charge >= 0.3 is 0 Å². The maximum Gasteiger partial charge on any atom is 0.175 e. The molecule has 0 aliphatic rings. The zero-order chi connectivity index (χ0) is 17.2. The van der Waals surface area contributed by atoms with Crippen molar-refractivity contribution in [2.24, 2.45) is 0 Å². The number of halogens is 5. The number of sulfone groups is 1. The topological polar surface area (TPSA) is 34.1 Å². The zero-order valence-electron chi connectivity index (χ0n) is 11.4. The molecule has 2 aromatic rings. The lowest BCUT2D eigenvalue weighted by Crippen LogP contribution is -2.02. The molecule has 23 heavy (non-hydrogen) atoms. The SMILES string of the molecule is O=S(=O)(C=Cc1c(F)c(F)cc(F)c1F)Cc1ccccc1Br. The molecule has 0 unspecified atom stereocenters. The molecular formula is C15H9BrF4O2S. The summed E-state index contributed by atoms with van der Waals surface area (Å²) in [5, 5.41) is 0.521. The van der Waals surface area contributed by atoms with Gasteiger partial charge in [0, 0.05) is 15.9 Å². The van der Waals surface area contributed by atoms with Crippen LogP contribution in [0.1, 0.15) is 11.1 Å². The maximum atomic E-state index is 13.5. The fourth-order valence-corrected chi connectivity index (χ4v) is 3.53. The van der Waals surface area contributed by atoms with Crippen molar-refractivity contribution in [1.82, 2.24) is 0 Å². The molecule has 0 spiro atoms. The van der Waals surface area contributed by atoms with Gasteiger partial charge in [-0.3, -0.25) is 0 Å². The Balaban J connectivity index is 2.35. The molecular weight excluding hydrogens is 400 g/mol. The van der Waals surface area contributed by atoms with Crippen LogP contribution in [0.3, 0.4) is 0 Å². The highest BCUT2D eigenvalue weighted by molar-refractivity contribution is 9.10. The van der Waals surface area contributed by atoms with E-state index in [0.717, 1.165) is 0 Å². The highest BCUT2D eigenvalue weighted by atomic mass is 79.9. The van der Waals surface area contributed by atoms with Crippen LogP contribution in [0.4, 0.5) is 17.6 Å². The van der Waals surface area contributed by atoms with E-state index in [2.05, 4.69) is 15.9 Å². The van der Waals surface area contributed by atoms with Crippen molar-refractivity contribution >= 4 is 31.8 Å². The van der Waals surface area contributed by atoms with Gasteiger partial charge in [-0.1, -0.05) is 34.1 Å². The first-order valence-electron chi connectivity index (χ1n) is 6.18. The fourth-order valence-electron chi connectivity index (χ4n) is 1.79. The third-order valence-electron chi connectivity index (χ3n) is 2.90. The van der Waals surface area contributed by atoms with Crippen LogP contribution in [0.25, 0.3) is 6.08 Å². The van der Waals surface area contributed by atoms with Gasteiger partial charge in [0.2, 0.25) is 0 Å². The van der Waals surface area contributed by atoms with Crippen molar-refractivity contribution in [2.75, 3.05) is 0 Å². The Bertz CT molecular complexity index is 853. The monoisotopic (exact) mass is 408 g/mol. The molecule has 0 radical (unpaired) electrons. The normalized spacial score (nSPS) is 12.0. The number of hydrogen-bond donors (Lipinski definition) is 0. The summed E-state index contributed by atoms with van der Waals surface area (Å²) in [6.45, 7) is 0. The Morgan fingerprint density at radius 1 is 1.00 bits per heavy atom. The molecule has 0 atom stereocenters. The smallest absolute Gasteiger partial charge is 0.175 e. The Labute approximate surface area is 138 Å². The average molecular weight is 409 g/mol. The van der Waals surface area contributed by atoms with Crippen LogP contribution in [-0.4, -0.2) is 8.42 Å². The van der Waals surface area contributed by atoms with Crippen molar-refractivity contribution in [3.63, 3.8) is 0 Å². The highest BCUT2D eigenvalue weighted by Crippen LogP contribution is 2.23. The first kappa shape index (κ1) is 17.7. The van der Waals surface area contributed by atoms with Gasteiger partial charge in [0.1, 0.15) is 0 Å². The molecule has 0 saturated heterocycles. The lowest BCUT2D eigenvalue weighted by atomic mass is 10.2. The van der Waals surface area contributed by atoms with Gasteiger partial charge in [0.15, 0.2) is 33.1 Å². The lowest BCUT2D eigenvalue weighted by Gasteiger charge is -2.04. The largest absolute Gasteiger partial charge is 0.224 e. The lowest BCUT2D eigenvalue weighted by molar-refractivity contribution is 0.451. The summed E-state index contributed by atoms with van der Waals surface area (Å²) in [6.07, 6.45) is 0.503. The quantitative estimate of drug-likeness (QED) is 0.547. The van der Waals surface area contributed by atoms with Crippen molar-refractivity contribution in [3.8, 4) is 0 Å². The summed E-state index contributed by atoms with van der Waals surface area (Å²) in [5.41, 5.74) is -0.651. The van der Waals surface area contributed by atoms with Crippen LogP contribution in [0, 0.1) is 23.3 Å². The second-order valence-corrected chi connectivity index (χ2v) is 7.32. The second kappa shape index (κ2) is 6.84. The van der Waals surface area contributed by atoms with Gasteiger partial charge in [-0.2, -0.15) is 0 Å². The van der Waals surface area contributed by atoms with Gasteiger partial charge in [0.05, 0.1) is 11.3 Å². The molecule has 2 nitrogen and oxygen atoms in total. The minimum atomic E-state index is -3.90. The van der Waals surface area contributed by atoms with Gasteiger partial charge < -0.3 is 0 Å². The van der Waals surface area contributed by atoms with Crippen LogP contribution in [0.15, 0.2) is 40.2 Å². The Hall–Kier alpha value is -1.67. The van der Waals surface area contributed by atoms with E-state index in [9.17, 15) is 26.0 Å². The molecule has 0 amide bonds. The standard InChI is InChI=1S/C15H9BrF4O2S/c16-11-4-2-1-3-9(11)8-23(21,22)6-5-10-14(19)12(17)7-13(18)15(10)20/h1-7H,8H2. The summed E-state index contributed by atoms with van der Waals surface area (Å²) in [6, 6.07) is 6.56. The van der Waals surface area contributed by atoms with E-state index in [0.29, 0.717) is 21.5 Å². The molecule has 2 aromatic carbocycles. The molecule has 122 valence electrons. The number of benzene rings is 2. The Morgan fingerprint density at radius 2 is 1.57 bits per heavy atom. The summed E-state index contributed by atoms with van der Waals surface area (Å²) >= 11 is 3.18. The second-order valence-electron chi connectivity index (χ2n) is 4.58. The highest BCUT2D eigenvalue weighted by Gasteiger charge is 2.18. The molecule has 0 bridgehead atoms. The number of rotatable bonds is 4. The molecule has 0 heterocycles. The van der Waals surface area contributed by atoms with E-state index in [1.165, 1.54) is 0 Å². The average Bonchev–Trinajstić information content (AvgIpc) is 2.47. The minimum Gasteiger partial charge on any atom is -0.224 e. The van der Waals surface area contributed by atoms with E-state index >= 15 is 0 Å². The molecule has 8 heteroatoms. The molecule has 0 N–H and O–H groups in total. The van der Waals surface area contributed by atoms with E-state index in [1.807, 2.05) is 0 Å². The van der Waals surface area contributed by atoms with Gasteiger partial charge in [-0.25, -0.2) is 26.0 Å². The molecule has 0 aromatic heterocycles. The van der Waals surface area contributed by atoms with Gasteiger partial charge in [0.25, 0.3) is 0 Å². The van der Waals surface area contributed by atoms with Gasteiger partial charge in [-0.05, 0) is 17.7 Å². The third kappa shape index (κ3) is 4.20. The van der Waals surface area contributed by atoms with E-state index in [-0.39, 0.29) is 6.07 Å². The maximum absolute atomic E-state index is 13.5. The van der Waals surface area contributed by atoms with E-state index < -0.39 is 44.4 Å². The van der Waals surface area contributed by atoms with Crippen LogP contribution in [-0.2, 0) is 15.6 Å². The van der Waals surface area contributed by atoms with E-state index in [1.54, 1.807) is 24.3 Å². The summed E-state index contributed by atoms with van der Waals surface area (Å²) < 4.78 is 77.6. The summed E-state index contributed by atoms with van der Waals surface area (Å²) in [7, 11) is -3.90. The Kier molecular flexibility index (Phi) is 5.26. The zero-order valence-corrected chi connectivity index (χ0v) is 13.8. The van der Waals surface area contributed by atoms with Crippen LogP contribution >= 0.6 is 15.9 Å². The first-order chi connectivity index (χ1) is 10.7. The van der Waals surface area contributed by atoms with Crippen LogP contribution < -0.4 is 0 Å². The molecule has 0 aliphatic carbocycles. The minimum absolute atomic E-state index is 0.0532. The molecule has 2 rings (SSSR count). The predicted octanol–water partition coefficient (Wildman–Crippen LogP) is 4.59. The Morgan fingerprint density at radius 3 is 2.13 bits per heavy atom. The summed E-state index contributed by atoms with van der Waals surface area (Å²) in [4.78, 5) is 0. The third-order valence-corrected chi connectivity index (χ3v) is 4.94. The van der Waals surface area contributed by atoms with Crippen molar-refractivity contribution in [1.29, 1.82) is 0 Å².